The fourth-order valence-electron chi connectivity index (χ4n) is 3.52. The van der Waals surface area contributed by atoms with Gasteiger partial charge in [0, 0.05) is 22.5 Å². The summed E-state index contributed by atoms with van der Waals surface area (Å²) < 4.78 is 26.7. The van der Waals surface area contributed by atoms with E-state index >= 15 is 4.39 Å². The number of H-pyrrole nitrogens is 1. The third-order valence-electron chi connectivity index (χ3n) is 6.03. The third kappa shape index (κ3) is 2.58. The topological polar surface area (TPSA) is 58.0 Å². The van der Waals surface area contributed by atoms with Gasteiger partial charge in [-0.05, 0) is 70.4 Å². The van der Waals surface area contributed by atoms with Crippen LogP contribution in [0.1, 0.15) is 51.7 Å². The summed E-state index contributed by atoms with van der Waals surface area (Å²) in [6, 6.07) is 7.70. The molecule has 0 spiro atoms. The summed E-state index contributed by atoms with van der Waals surface area (Å²) >= 11 is 0. The molecule has 1 N–H and O–H groups in total. The number of nitriles is 1. The summed E-state index contributed by atoms with van der Waals surface area (Å²) in [6.45, 7) is 7.65. The molecule has 26 heavy (non-hydrogen) atoms. The van der Waals surface area contributed by atoms with Gasteiger partial charge in [0.2, 0.25) is 0 Å². The number of hydrogen-bond donors (Lipinski definition) is 1. The Hall–Kier alpha value is -2.10. The van der Waals surface area contributed by atoms with Crippen LogP contribution >= 0.6 is 0 Å². The van der Waals surface area contributed by atoms with Gasteiger partial charge >= 0.3 is 7.12 Å². The van der Waals surface area contributed by atoms with Crippen molar-refractivity contribution < 1.29 is 13.7 Å². The van der Waals surface area contributed by atoms with Gasteiger partial charge in [0.05, 0.1) is 22.8 Å². The molecule has 2 fully saturated rings. The van der Waals surface area contributed by atoms with Crippen molar-refractivity contribution in [2.45, 2.75) is 57.2 Å². The van der Waals surface area contributed by atoms with Gasteiger partial charge in [0.25, 0.3) is 0 Å². The molecule has 0 atom stereocenters. The molecule has 0 amide bonds. The summed E-state index contributed by atoms with van der Waals surface area (Å²) in [5.41, 5.74) is 0.701. The minimum atomic E-state index is -0.975. The van der Waals surface area contributed by atoms with Gasteiger partial charge in [0.15, 0.2) is 0 Å². The Balaban J connectivity index is 1.69. The maximum atomic E-state index is 15.0. The molecule has 2 heterocycles. The number of nitrogens with zero attached hydrogens (tertiary/aromatic N) is 1. The average molecular weight is 352 g/mol. The Kier molecular flexibility index (Phi) is 3.63. The van der Waals surface area contributed by atoms with E-state index in [4.69, 9.17) is 14.6 Å². The quantitative estimate of drug-likeness (QED) is 0.824. The van der Waals surface area contributed by atoms with Crippen LogP contribution in [0.5, 0.6) is 0 Å². The number of benzene rings is 1. The van der Waals surface area contributed by atoms with Gasteiger partial charge in [0.1, 0.15) is 5.73 Å². The summed E-state index contributed by atoms with van der Waals surface area (Å²) in [6.07, 6.45) is 5.30. The lowest BCUT2D eigenvalue weighted by Gasteiger charge is -2.32. The van der Waals surface area contributed by atoms with Gasteiger partial charge in [-0.2, -0.15) is 5.26 Å². The first-order valence-corrected chi connectivity index (χ1v) is 8.93. The summed E-state index contributed by atoms with van der Waals surface area (Å²) in [7, 11) is -0.975. The average Bonchev–Trinajstić information content (AvgIpc) is 3.14. The normalized spacial score (nSPS) is 23.2. The van der Waals surface area contributed by atoms with Crippen molar-refractivity contribution in [3.8, 4) is 6.07 Å². The molecule has 1 saturated carbocycles. The van der Waals surface area contributed by atoms with Crippen molar-refractivity contribution in [2.24, 2.45) is 0 Å². The maximum Gasteiger partial charge on any atom is 0.524 e. The fourth-order valence-corrected chi connectivity index (χ4v) is 3.52. The van der Waals surface area contributed by atoms with E-state index in [9.17, 15) is 0 Å². The Morgan fingerprint density at radius 3 is 2.46 bits per heavy atom. The van der Waals surface area contributed by atoms with E-state index in [-0.39, 0.29) is 11.1 Å². The van der Waals surface area contributed by atoms with E-state index in [2.05, 4.69) is 11.1 Å². The van der Waals surface area contributed by atoms with Crippen LogP contribution in [0.4, 0.5) is 4.39 Å². The lowest BCUT2D eigenvalue weighted by Crippen LogP contribution is -2.41. The van der Waals surface area contributed by atoms with E-state index in [1.807, 2.05) is 46.0 Å². The van der Waals surface area contributed by atoms with Gasteiger partial charge < -0.3 is 14.3 Å². The molecule has 134 valence electrons. The van der Waals surface area contributed by atoms with Crippen molar-refractivity contribution in [2.75, 3.05) is 0 Å². The number of allylic oxidation sites excluding steroid dienone is 1. The van der Waals surface area contributed by atoms with Gasteiger partial charge in [-0.25, -0.2) is 4.39 Å². The van der Waals surface area contributed by atoms with Crippen LogP contribution in [0.2, 0.25) is 0 Å². The molecule has 1 aromatic heterocycles. The monoisotopic (exact) mass is 352 g/mol. The molecule has 0 unspecified atom stereocenters. The van der Waals surface area contributed by atoms with Crippen molar-refractivity contribution in [1.29, 1.82) is 5.26 Å². The van der Waals surface area contributed by atoms with E-state index in [1.54, 1.807) is 12.1 Å². The highest BCUT2D eigenvalue weighted by Gasteiger charge is 2.54. The van der Waals surface area contributed by atoms with Crippen LogP contribution in [0, 0.1) is 11.3 Å². The molecule has 1 saturated heterocycles. The van der Waals surface area contributed by atoms with Crippen LogP contribution in [-0.4, -0.2) is 23.3 Å². The zero-order valence-corrected chi connectivity index (χ0v) is 15.5. The number of aromatic amines is 1. The number of nitrogens with one attached hydrogen (secondary N) is 1. The summed E-state index contributed by atoms with van der Waals surface area (Å²) in [4.78, 5) is 3.23. The molecule has 2 aromatic rings. The zero-order valence-electron chi connectivity index (χ0n) is 15.5. The first-order valence-electron chi connectivity index (χ1n) is 8.93. The fraction of sp³-hybridized carbons (Fsp3) is 0.450. The van der Waals surface area contributed by atoms with Crippen LogP contribution < -0.4 is 0 Å². The van der Waals surface area contributed by atoms with E-state index in [0.29, 0.717) is 5.56 Å². The van der Waals surface area contributed by atoms with E-state index < -0.39 is 18.3 Å². The van der Waals surface area contributed by atoms with Crippen molar-refractivity contribution in [3.63, 3.8) is 0 Å². The summed E-state index contributed by atoms with van der Waals surface area (Å²) in [5.74, 6) is 0. The largest absolute Gasteiger partial charge is 0.524 e. The Morgan fingerprint density at radius 2 is 1.88 bits per heavy atom. The van der Waals surface area contributed by atoms with Gasteiger partial charge in [-0.15, -0.1) is 0 Å². The lowest BCUT2D eigenvalue weighted by molar-refractivity contribution is 0.00578. The molecular weight excluding hydrogens is 330 g/mol. The minimum absolute atomic E-state index is 0.361. The predicted molar refractivity (Wildman–Crippen MR) is 99.2 cm³/mol. The first-order chi connectivity index (χ1) is 12.2. The number of fused-ring (bicyclic) bond motifs is 1. The molecule has 0 radical (unpaired) electrons. The highest BCUT2D eigenvalue weighted by atomic mass is 19.1. The second kappa shape index (κ2) is 5.45. The zero-order chi connectivity index (χ0) is 18.7. The number of halogens is 1. The van der Waals surface area contributed by atoms with Crippen LogP contribution in [0.3, 0.4) is 0 Å². The molecule has 6 heteroatoms. The SMILES string of the molecule is CC1(C)OB(C(F)=CC2(c3c[nH]c4ccc(C#N)cc34)CC2)OC1(C)C. The third-order valence-corrected chi connectivity index (χ3v) is 6.03. The highest BCUT2D eigenvalue weighted by molar-refractivity contribution is 6.53. The molecular formula is C20H22BFN2O2. The molecule has 2 aliphatic rings. The maximum absolute atomic E-state index is 15.0. The van der Waals surface area contributed by atoms with E-state index in [0.717, 1.165) is 29.3 Å². The molecule has 4 rings (SSSR count). The van der Waals surface area contributed by atoms with E-state index in [1.165, 1.54) is 0 Å². The molecule has 1 aromatic carbocycles. The number of hydrogen-bond acceptors (Lipinski definition) is 3. The van der Waals surface area contributed by atoms with Crippen LogP contribution in [0.25, 0.3) is 10.9 Å². The van der Waals surface area contributed by atoms with Gasteiger partial charge in [-0.3, -0.25) is 0 Å². The van der Waals surface area contributed by atoms with Crippen molar-refractivity contribution >= 4 is 18.0 Å². The molecule has 1 aliphatic carbocycles. The highest BCUT2D eigenvalue weighted by Crippen LogP contribution is 2.53. The minimum Gasteiger partial charge on any atom is -0.398 e. The predicted octanol–water partition coefficient (Wildman–Crippen LogP) is 4.56. The van der Waals surface area contributed by atoms with Crippen LogP contribution in [0.15, 0.2) is 36.2 Å². The molecule has 1 aliphatic heterocycles. The molecule has 0 bridgehead atoms. The first kappa shape index (κ1) is 17.3. The van der Waals surface area contributed by atoms with Crippen molar-refractivity contribution in [3.05, 3.63) is 47.3 Å². The van der Waals surface area contributed by atoms with Crippen molar-refractivity contribution in [1.82, 2.24) is 4.98 Å². The Bertz CT molecular complexity index is 934. The standard InChI is InChI=1S/C20H22BFN2O2/c1-18(2)19(3,4)26-21(25-18)17(22)10-20(7-8-20)15-12-24-16-6-5-13(11-23)9-14(15)16/h5-6,9-10,12,24H,7-8H2,1-4H3. The lowest BCUT2D eigenvalue weighted by atomic mass is 9.83. The molecule has 4 nitrogen and oxygen atoms in total. The summed E-state index contributed by atoms with van der Waals surface area (Å²) in [5, 5.41) is 10.1. The Morgan fingerprint density at radius 1 is 1.23 bits per heavy atom. The van der Waals surface area contributed by atoms with Crippen LogP contribution in [-0.2, 0) is 14.7 Å². The second-order valence-electron chi connectivity index (χ2n) is 8.35. The number of rotatable bonds is 3. The second-order valence-corrected chi connectivity index (χ2v) is 8.35. The Labute approximate surface area is 153 Å². The van der Waals surface area contributed by atoms with Gasteiger partial charge in [-0.1, -0.05) is 0 Å². The smallest absolute Gasteiger partial charge is 0.398 e. The number of aromatic nitrogens is 1.